The standard InChI is InChI=1S/C15H22N8O2.C9H8Br2O2.C8H8Br2O.C8H6Br2O.C8H6N6O.C5H13N.C4H6O4.C3H9N.C2H3BO2.CH4O.B.Li.Na.H/c1-10-12(20-22-16)7-11(8-13(10)21-23-17)9-18-5-6-19-14(24)25-15(2,3)4;1-5-7(10)3-6(4-8(5)11)9(12)13-2;2*1-5-7(9)2-6(4-11)3-8(5)10;1-5-7(11-13-9)2-6(4-15)3-8(5)12-14-10;1-4-5-6(2)3;1-3(5)7-8-4(2)6;1-2-3-4;1-2(4)5-3;1-2;;;;/h7-8,18H,5-6,9H2,1-4H3,(H,19,24);3-4H,1-2H3;2-3,11H,4H2,1H3;2-4H,1H3;2-4H,1H3;4-5H2,1-3H3;1-2H3;2-4H2,1H3;1H3;2H,1H3;;;;/q;;;;;;;;-1;;;2*+1;-1. The number of benzene rings is 5. The number of ether oxygens (including phenoxy) is 2. The van der Waals surface area contributed by atoms with Crippen LogP contribution >= 0.6 is 95.6 Å². The fourth-order valence-electron chi connectivity index (χ4n) is 5.99. The van der Waals surface area contributed by atoms with E-state index >= 15 is 0 Å². The Morgan fingerprint density at radius 2 is 0.942 bits per heavy atom. The molecular formula is C63H86B2Br6LiN16NaO14. The first-order valence-corrected chi connectivity index (χ1v) is 33.8. The molecule has 0 saturated carbocycles. The molecular weight excluding hydrogens is 1740 g/mol. The van der Waals surface area contributed by atoms with Crippen molar-refractivity contribution in [2.45, 2.75) is 122 Å². The zero-order valence-corrected chi connectivity index (χ0v) is 72.7. The molecule has 0 saturated heterocycles. The largest absolute Gasteiger partial charge is 1.00 e. The van der Waals surface area contributed by atoms with E-state index in [0.29, 0.717) is 65.1 Å². The zero-order valence-electron chi connectivity index (χ0n) is 62.2. The van der Waals surface area contributed by atoms with Crippen LogP contribution in [0.2, 0.25) is 0 Å². The number of rotatable bonds is 16. The van der Waals surface area contributed by atoms with E-state index in [0.717, 1.165) is 94.9 Å². The number of alkyl carbamates (subject to hydrolysis) is 1. The van der Waals surface area contributed by atoms with Crippen molar-refractivity contribution in [2.75, 3.05) is 54.5 Å². The Bertz CT molecular complexity index is 3470. The molecule has 6 N–H and O–H groups in total. The topological polar surface area (TPSA) is 454 Å². The molecule has 0 bridgehead atoms. The van der Waals surface area contributed by atoms with Gasteiger partial charge in [-0.3, -0.25) is 14.4 Å². The fourth-order valence-corrected chi connectivity index (χ4v) is 9.68. The van der Waals surface area contributed by atoms with E-state index in [2.05, 4.69) is 206 Å². The number of halogens is 6. The molecule has 552 valence electrons. The molecule has 0 aromatic heterocycles. The molecule has 0 heterocycles. The number of azide groups is 4. The Labute approximate surface area is 691 Å². The van der Waals surface area contributed by atoms with Crippen LogP contribution in [0.3, 0.4) is 0 Å². The van der Waals surface area contributed by atoms with Crippen molar-refractivity contribution in [3.8, 4) is 0 Å². The molecule has 0 fully saturated rings. The van der Waals surface area contributed by atoms with Crippen molar-refractivity contribution in [2.24, 2.45) is 26.2 Å². The van der Waals surface area contributed by atoms with Gasteiger partial charge < -0.3 is 55.1 Å². The summed E-state index contributed by atoms with van der Waals surface area (Å²) in [7, 11) is 10.9. The third-order valence-corrected chi connectivity index (χ3v) is 15.8. The van der Waals surface area contributed by atoms with Gasteiger partial charge in [-0.15, -0.1) is 0 Å². The van der Waals surface area contributed by atoms with Gasteiger partial charge in [-0.1, -0.05) is 130 Å². The molecule has 1 amide bonds. The summed E-state index contributed by atoms with van der Waals surface area (Å²) in [5.74, 6) is -2.08. The number of carbonyl (C=O) groups is 7. The van der Waals surface area contributed by atoms with Crippen molar-refractivity contribution < 1.29 is 118 Å². The van der Waals surface area contributed by atoms with Crippen LogP contribution in [0.5, 0.6) is 0 Å². The minimum Gasteiger partial charge on any atom is -1.00 e. The van der Waals surface area contributed by atoms with Gasteiger partial charge in [0.05, 0.1) is 19.3 Å². The summed E-state index contributed by atoms with van der Waals surface area (Å²) in [6.45, 7) is 25.9. The first-order chi connectivity index (χ1) is 46.9. The van der Waals surface area contributed by atoms with Crippen LogP contribution in [-0.4, -0.2) is 134 Å². The predicted octanol–water partition coefficient (Wildman–Crippen LogP) is 12.2. The molecule has 0 atom stereocenters. The van der Waals surface area contributed by atoms with E-state index in [1.807, 2.05) is 32.9 Å². The van der Waals surface area contributed by atoms with E-state index in [9.17, 15) is 33.6 Å². The summed E-state index contributed by atoms with van der Waals surface area (Å²) in [5, 5.41) is 35.6. The van der Waals surface area contributed by atoms with Crippen molar-refractivity contribution in [3.05, 3.63) is 185 Å². The molecule has 103 heavy (non-hydrogen) atoms. The Balaban J connectivity index is -0.000000145. The smallest absolute Gasteiger partial charge is 1.00 e. The van der Waals surface area contributed by atoms with E-state index in [1.54, 1.807) is 71.0 Å². The minimum atomic E-state index is -0.639. The van der Waals surface area contributed by atoms with Crippen LogP contribution in [0.1, 0.15) is 140 Å². The maximum absolute atomic E-state index is 11.5. The molecule has 6 radical (unpaired) electrons. The number of esters is 1. The van der Waals surface area contributed by atoms with Gasteiger partial charge in [0.1, 0.15) is 18.2 Å². The molecule has 0 aliphatic carbocycles. The SMILES string of the molecule is CC(=O)OOC(C)=O.CCCN.CCCN(C)C.CO.COC(=O)c1cc(Br)c(C)c(Br)c1.Cc1c(Br)cc(C=O)cc1Br.Cc1c(Br)cc(CO)cc1Br.Cc1c(N=[N+]=[N-])cc(C=O)cc1N=[N+]=[N-].Cc1c(N=[N+]=[N-])cc(CNCCNC(=O)OC(C)(C)C)cc1N=[N+]=[N-].[B-]OC(C)=O.[B].[H-].[Li+].[Na+]. The normalized spacial score (nSPS) is 9.01. The Kier molecular flexibility index (Phi) is 74.7. The maximum atomic E-state index is 11.5. The number of nitrogens with two attached hydrogens (primary N) is 1. The van der Waals surface area contributed by atoms with Gasteiger partial charge >= 0.3 is 72.4 Å². The van der Waals surface area contributed by atoms with Crippen LogP contribution in [-0.2, 0) is 51.4 Å². The van der Waals surface area contributed by atoms with E-state index in [-0.39, 0.29) is 82.2 Å². The molecule has 5 rings (SSSR count). The molecule has 5 aromatic rings. The monoisotopic (exact) mass is 1820 g/mol. The number of aliphatic hydroxyl groups is 2. The van der Waals surface area contributed by atoms with Crippen LogP contribution in [0, 0.1) is 34.6 Å². The van der Waals surface area contributed by atoms with Crippen molar-refractivity contribution in [3.63, 3.8) is 0 Å². The number of aliphatic hydroxyl groups excluding tert-OH is 2. The number of nitrogens with one attached hydrogen (secondary N) is 2. The average molecular weight is 1820 g/mol. The van der Waals surface area contributed by atoms with Gasteiger partial charge in [0.2, 0.25) is 5.97 Å². The second-order valence-electron chi connectivity index (χ2n) is 20.4. The first kappa shape index (κ1) is 113. The summed E-state index contributed by atoms with van der Waals surface area (Å²) in [5.41, 5.74) is 47.4. The fraction of sp³-hybridized carbons (Fsp3) is 0.413. The summed E-state index contributed by atoms with van der Waals surface area (Å²) in [4.78, 5) is 93.4. The molecule has 0 spiro atoms. The summed E-state index contributed by atoms with van der Waals surface area (Å²) < 4.78 is 19.1. The van der Waals surface area contributed by atoms with E-state index in [1.165, 1.54) is 39.1 Å². The second-order valence-corrected chi connectivity index (χ2v) is 25.5. The van der Waals surface area contributed by atoms with Crippen LogP contribution in [0.4, 0.5) is 27.5 Å². The van der Waals surface area contributed by atoms with Crippen molar-refractivity contribution in [1.82, 2.24) is 15.5 Å². The summed E-state index contributed by atoms with van der Waals surface area (Å²) in [6, 6.07) is 17.2. The Morgan fingerprint density at radius 3 is 1.20 bits per heavy atom. The molecule has 30 nitrogen and oxygen atoms in total. The first-order valence-electron chi connectivity index (χ1n) is 29.1. The molecule has 0 aliphatic heterocycles. The van der Waals surface area contributed by atoms with Gasteiger partial charge in [0.25, 0.3) is 0 Å². The van der Waals surface area contributed by atoms with Gasteiger partial charge in [-0.05, 0) is 217 Å². The van der Waals surface area contributed by atoms with Gasteiger partial charge in [-0.25, -0.2) is 29.0 Å². The van der Waals surface area contributed by atoms with Crippen molar-refractivity contribution >= 4 is 177 Å². The van der Waals surface area contributed by atoms with Gasteiger partial charge in [0.15, 0.2) is 0 Å². The van der Waals surface area contributed by atoms with Crippen molar-refractivity contribution in [1.29, 1.82) is 0 Å². The number of hydrogen-bond donors (Lipinski definition) is 5. The quantitative estimate of drug-likeness (QED) is 0.00705. The van der Waals surface area contributed by atoms with Crippen LogP contribution < -0.4 is 64.8 Å². The van der Waals surface area contributed by atoms with Gasteiger partial charge in [-0.2, -0.15) is 0 Å². The zero-order chi connectivity index (χ0) is 78.3. The number of amides is 1. The molecule has 0 aliphatic rings. The summed E-state index contributed by atoms with van der Waals surface area (Å²) >= 11 is 20.2. The number of aldehydes is 2. The number of methoxy groups -OCH3 is 1. The summed E-state index contributed by atoms with van der Waals surface area (Å²) in [6.07, 6.45) is 3.30. The molecule has 5 aromatic carbocycles. The number of hydrogen-bond acceptors (Lipinski definition) is 21. The van der Waals surface area contributed by atoms with Crippen LogP contribution in [0.15, 0.2) is 108 Å². The number of nitrogens with zero attached hydrogens (tertiary/aromatic N) is 13. The molecule has 0 unspecified atom stereocenters. The Morgan fingerprint density at radius 1 is 0.612 bits per heavy atom. The third kappa shape index (κ3) is 57.2. The Hall–Kier alpha value is -5.76. The van der Waals surface area contributed by atoms with E-state index in [4.69, 9.17) is 42.8 Å². The second kappa shape index (κ2) is 68.1. The van der Waals surface area contributed by atoms with Crippen LogP contribution in [0.25, 0.3) is 41.8 Å². The maximum Gasteiger partial charge on any atom is 1.00 e. The van der Waals surface area contributed by atoms with Gasteiger partial charge in [0, 0.05) is 136 Å². The third-order valence-electron chi connectivity index (χ3n) is 10.9. The average Bonchev–Trinajstić information content (AvgIpc) is 0.871. The number of carbonyl (C=O) groups excluding carboxylic acids is 7. The predicted molar refractivity (Wildman–Crippen MR) is 416 cm³/mol. The molecule has 40 heteroatoms. The van der Waals surface area contributed by atoms with E-state index < -0.39 is 29.6 Å². The minimum absolute atomic E-state index is 0.